The van der Waals surface area contributed by atoms with Crippen LogP contribution in [-0.2, 0) is 16.1 Å². The highest BCUT2D eigenvalue weighted by Gasteiger charge is 2.38. The quantitative estimate of drug-likeness (QED) is 0.832. The van der Waals surface area contributed by atoms with Crippen molar-refractivity contribution in [2.45, 2.75) is 26.3 Å². The van der Waals surface area contributed by atoms with Crippen LogP contribution < -0.4 is 15.8 Å². The first-order valence-electron chi connectivity index (χ1n) is 7.48. The van der Waals surface area contributed by atoms with Crippen LogP contribution in [0.15, 0.2) is 24.3 Å². The Hall–Kier alpha value is -1.59. The van der Waals surface area contributed by atoms with Crippen molar-refractivity contribution in [1.29, 1.82) is 0 Å². The first-order valence-corrected chi connectivity index (χ1v) is 7.48. The molecule has 0 radical (unpaired) electrons. The van der Waals surface area contributed by atoms with Crippen molar-refractivity contribution < 1.29 is 14.3 Å². The monoisotopic (exact) mass is 292 g/mol. The first kappa shape index (κ1) is 15.8. The molecule has 0 aromatic heterocycles. The van der Waals surface area contributed by atoms with Crippen molar-refractivity contribution in [2.75, 3.05) is 26.4 Å². The second-order valence-corrected chi connectivity index (χ2v) is 5.36. The molecule has 2 rings (SSSR count). The minimum atomic E-state index is -0.469. The average molecular weight is 292 g/mol. The van der Waals surface area contributed by atoms with E-state index in [1.165, 1.54) is 0 Å². The van der Waals surface area contributed by atoms with Crippen LogP contribution in [-0.4, -0.2) is 32.3 Å². The van der Waals surface area contributed by atoms with Gasteiger partial charge in [-0.1, -0.05) is 12.1 Å². The Labute approximate surface area is 125 Å². The van der Waals surface area contributed by atoms with Crippen molar-refractivity contribution >= 4 is 5.91 Å². The van der Waals surface area contributed by atoms with E-state index in [2.05, 4.69) is 5.32 Å². The number of hydrogen-bond donors (Lipinski definition) is 2. The van der Waals surface area contributed by atoms with E-state index in [0.717, 1.165) is 11.3 Å². The maximum Gasteiger partial charge on any atom is 0.227 e. The highest BCUT2D eigenvalue weighted by molar-refractivity contribution is 5.83. The van der Waals surface area contributed by atoms with Gasteiger partial charge in [0.1, 0.15) is 5.75 Å². The Bertz CT molecular complexity index is 453. The molecule has 1 aromatic rings. The molecule has 1 saturated heterocycles. The van der Waals surface area contributed by atoms with Gasteiger partial charge in [0, 0.05) is 26.3 Å². The molecule has 0 atom stereocenters. The zero-order chi connectivity index (χ0) is 15.1. The molecule has 0 aliphatic carbocycles. The molecule has 1 aliphatic rings. The second-order valence-electron chi connectivity index (χ2n) is 5.36. The molecular weight excluding hydrogens is 268 g/mol. The summed E-state index contributed by atoms with van der Waals surface area (Å²) in [5, 5.41) is 3.00. The summed E-state index contributed by atoms with van der Waals surface area (Å²) in [6.45, 7) is 4.69. The van der Waals surface area contributed by atoms with Gasteiger partial charge in [0.15, 0.2) is 0 Å². The molecule has 0 saturated carbocycles. The lowest BCUT2D eigenvalue weighted by atomic mass is 9.79. The number of ether oxygens (including phenoxy) is 2. The molecule has 116 valence electrons. The molecule has 0 unspecified atom stereocenters. The maximum atomic E-state index is 12.4. The zero-order valence-electron chi connectivity index (χ0n) is 12.6. The third-order valence-corrected chi connectivity index (χ3v) is 4.01. The molecule has 1 aromatic carbocycles. The lowest BCUT2D eigenvalue weighted by molar-refractivity contribution is -0.136. The van der Waals surface area contributed by atoms with E-state index in [-0.39, 0.29) is 5.91 Å². The predicted molar refractivity (Wildman–Crippen MR) is 81.0 cm³/mol. The molecule has 5 nitrogen and oxygen atoms in total. The minimum absolute atomic E-state index is 0.0298. The molecule has 5 heteroatoms. The van der Waals surface area contributed by atoms with Crippen molar-refractivity contribution in [2.24, 2.45) is 11.1 Å². The van der Waals surface area contributed by atoms with E-state index < -0.39 is 5.41 Å². The lowest BCUT2D eigenvalue weighted by Gasteiger charge is -2.34. The Kier molecular flexibility index (Phi) is 5.59. The Morgan fingerprint density at radius 3 is 2.57 bits per heavy atom. The molecule has 1 aliphatic heterocycles. The van der Waals surface area contributed by atoms with Crippen LogP contribution in [0.25, 0.3) is 0 Å². The van der Waals surface area contributed by atoms with Gasteiger partial charge in [-0.3, -0.25) is 4.79 Å². The third-order valence-electron chi connectivity index (χ3n) is 4.01. The molecule has 0 spiro atoms. The van der Waals surface area contributed by atoms with Gasteiger partial charge >= 0.3 is 0 Å². The molecular formula is C16H24N2O3. The summed E-state index contributed by atoms with van der Waals surface area (Å²) in [6.07, 6.45) is 1.39. The highest BCUT2D eigenvalue weighted by Crippen LogP contribution is 2.29. The number of nitrogens with two attached hydrogens (primary N) is 1. The van der Waals surface area contributed by atoms with Gasteiger partial charge in [-0.25, -0.2) is 0 Å². The zero-order valence-corrected chi connectivity index (χ0v) is 12.6. The largest absolute Gasteiger partial charge is 0.494 e. The van der Waals surface area contributed by atoms with Crippen molar-refractivity contribution in [3.8, 4) is 5.75 Å². The van der Waals surface area contributed by atoms with Gasteiger partial charge in [-0.05, 0) is 37.5 Å². The summed E-state index contributed by atoms with van der Waals surface area (Å²) < 4.78 is 10.7. The normalized spacial score (nSPS) is 17.2. The first-order chi connectivity index (χ1) is 10.2. The summed E-state index contributed by atoms with van der Waals surface area (Å²) in [6, 6.07) is 7.75. The molecule has 1 fully saturated rings. The molecule has 0 bridgehead atoms. The average Bonchev–Trinajstić information content (AvgIpc) is 2.55. The SMILES string of the molecule is CCOc1ccc(CNC(=O)C2(CN)CCOCC2)cc1. The van der Waals surface area contributed by atoms with E-state index in [4.69, 9.17) is 15.2 Å². The van der Waals surface area contributed by atoms with Gasteiger partial charge in [-0.15, -0.1) is 0 Å². The Morgan fingerprint density at radius 1 is 1.33 bits per heavy atom. The number of carbonyl (C=O) groups is 1. The number of rotatable bonds is 6. The predicted octanol–water partition coefficient (Wildman–Crippen LogP) is 1.46. The van der Waals surface area contributed by atoms with Crippen LogP contribution in [0.3, 0.4) is 0 Å². The van der Waals surface area contributed by atoms with Crippen LogP contribution in [0, 0.1) is 5.41 Å². The van der Waals surface area contributed by atoms with Crippen LogP contribution >= 0.6 is 0 Å². The van der Waals surface area contributed by atoms with Gasteiger partial charge in [-0.2, -0.15) is 0 Å². The number of hydrogen-bond acceptors (Lipinski definition) is 4. The molecule has 1 amide bonds. The summed E-state index contributed by atoms with van der Waals surface area (Å²) in [5.74, 6) is 0.873. The van der Waals surface area contributed by atoms with E-state index in [1.54, 1.807) is 0 Å². The number of amides is 1. The van der Waals surface area contributed by atoms with E-state index >= 15 is 0 Å². The summed E-state index contributed by atoms with van der Waals surface area (Å²) in [4.78, 5) is 12.4. The summed E-state index contributed by atoms with van der Waals surface area (Å²) in [5.41, 5.74) is 6.41. The maximum absolute atomic E-state index is 12.4. The highest BCUT2D eigenvalue weighted by atomic mass is 16.5. The Balaban J connectivity index is 1.90. The summed E-state index contributed by atoms with van der Waals surface area (Å²) in [7, 11) is 0. The van der Waals surface area contributed by atoms with Crippen molar-refractivity contribution in [3.63, 3.8) is 0 Å². The summed E-state index contributed by atoms with van der Waals surface area (Å²) >= 11 is 0. The smallest absolute Gasteiger partial charge is 0.227 e. The standard InChI is InChI=1S/C16H24N2O3/c1-2-21-14-5-3-13(4-6-14)11-18-15(19)16(12-17)7-9-20-10-8-16/h3-6H,2,7-12,17H2,1H3,(H,18,19). The van der Waals surface area contributed by atoms with E-state index in [9.17, 15) is 4.79 Å². The fourth-order valence-electron chi connectivity index (χ4n) is 2.53. The van der Waals surface area contributed by atoms with Gasteiger partial charge in [0.2, 0.25) is 5.91 Å². The van der Waals surface area contributed by atoms with Crippen LogP contribution in [0.2, 0.25) is 0 Å². The number of benzene rings is 1. The van der Waals surface area contributed by atoms with E-state index in [1.807, 2.05) is 31.2 Å². The minimum Gasteiger partial charge on any atom is -0.494 e. The Morgan fingerprint density at radius 2 is 2.00 bits per heavy atom. The van der Waals surface area contributed by atoms with Crippen LogP contribution in [0.4, 0.5) is 0 Å². The van der Waals surface area contributed by atoms with Crippen molar-refractivity contribution in [3.05, 3.63) is 29.8 Å². The third kappa shape index (κ3) is 3.95. The fourth-order valence-corrected chi connectivity index (χ4v) is 2.53. The number of carbonyl (C=O) groups excluding carboxylic acids is 1. The lowest BCUT2D eigenvalue weighted by Crippen LogP contribution is -2.48. The van der Waals surface area contributed by atoms with Gasteiger partial charge in [0.25, 0.3) is 0 Å². The van der Waals surface area contributed by atoms with Crippen molar-refractivity contribution in [1.82, 2.24) is 5.32 Å². The van der Waals surface area contributed by atoms with Crippen LogP contribution in [0.5, 0.6) is 5.75 Å². The van der Waals surface area contributed by atoms with E-state index in [0.29, 0.717) is 45.8 Å². The van der Waals surface area contributed by atoms with Crippen LogP contribution in [0.1, 0.15) is 25.3 Å². The van der Waals surface area contributed by atoms with Gasteiger partial charge in [0.05, 0.1) is 12.0 Å². The second kappa shape index (κ2) is 7.43. The molecule has 1 heterocycles. The van der Waals surface area contributed by atoms with Gasteiger partial charge < -0.3 is 20.5 Å². The number of nitrogens with one attached hydrogen (secondary N) is 1. The fraction of sp³-hybridized carbons (Fsp3) is 0.562. The topological polar surface area (TPSA) is 73.6 Å². The molecule has 3 N–H and O–H groups in total. The molecule has 21 heavy (non-hydrogen) atoms.